The summed E-state index contributed by atoms with van der Waals surface area (Å²) in [6, 6.07) is 0. The van der Waals surface area contributed by atoms with Gasteiger partial charge in [-0.2, -0.15) is 0 Å². The molecule has 0 unspecified atom stereocenters. The molecule has 0 saturated heterocycles. The quantitative estimate of drug-likeness (QED) is 0.545. The highest BCUT2D eigenvalue weighted by Crippen LogP contribution is 2.15. The third kappa shape index (κ3) is 3.45. The van der Waals surface area contributed by atoms with Crippen LogP contribution in [-0.2, 0) is 20.7 Å². The maximum Gasteiger partial charge on any atom is 0.217 e. The first-order valence-electron chi connectivity index (χ1n) is 5.02. The molecule has 0 saturated carbocycles. The van der Waals surface area contributed by atoms with Gasteiger partial charge in [0, 0.05) is 31.5 Å². The van der Waals surface area contributed by atoms with Crippen molar-refractivity contribution in [1.82, 2.24) is 9.97 Å². The van der Waals surface area contributed by atoms with E-state index in [0.717, 1.165) is 12.0 Å². The summed E-state index contributed by atoms with van der Waals surface area (Å²) >= 11 is 0. The largest absolute Gasteiger partial charge is 0.346 e. The number of hydrogen-bond acceptors (Lipinski definition) is 4. The van der Waals surface area contributed by atoms with E-state index >= 15 is 0 Å². The summed E-state index contributed by atoms with van der Waals surface area (Å²) in [6.45, 7) is 4.88. The molecule has 1 aromatic heterocycles. The molecule has 0 amide bonds. The van der Waals surface area contributed by atoms with E-state index in [4.69, 9.17) is 9.47 Å². The monoisotopic (exact) mass is 212 g/mol. The molecule has 1 N–H and O–H groups in total. The van der Waals surface area contributed by atoms with Crippen LogP contribution >= 0.6 is 0 Å². The molecule has 1 heterocycles. The van der Waals surface area contributed by atoms with Crippen LogP contribution in [0.25, 0.3) is 0 Å². The number of ether oxygens (including phenoxy) is 2. The summed E-state index contributed by atoms with van der Waals surface area (Å²) in [5, 5.41) is 0. The first kappa shape index (κ1) is 11.9. The molecular weight excluding hydrogens is 196 g/mol. The molecule has 0 aliphatic carbocycles. The van der Waals surface area contributed by atoms with Gasteiger partial charge in [-0.3, -0.25) is 0 Å². The number of H-pyrrole nitrogens is 1. The van der Waals surface area contributed by atoms with E-state index in [-0.39, 0.29) is 0 Å². The molecule has 1 aromatic rings. The second-order valence-corrected chi connectivity index (χ2v) is 2.91. The lowest BCUT2D eigenvalue weighted by atomic mass is 10.4. The van der Waals surface area contributed by atoms with E-state index in [1.165, 1.54) is 0 Å². The molecule has 0 aliphatic rings. The number of rotatable bonds is 7. The van der Waals surface area contributed by atoms with Gasteiger partial charge in [0.15, 0.2) is 5.82 Å². The molecular formula is C10H16N2O3. The van der Waals surface area contributed by atoms with Crippen LogP contribution < -0.4 is 0 Å². The third-order valence-corrected chi connectivity index (χ3v) is 1.81. The SMILES string of the molecule is CCOC(OCC)c1ncc(CC=O)[nH]1. The minimum absolute atomic E-state index is 0.331. The van der Waals surface area contributed by atoms with E-state index in [1.54, 1.807) is 6.20 Å². The third-order valence-electron chi connectivity index (χ3n) is 1.81. The number of carbonyl (C=O) groups is 1. The number of carbonyl (C=O) groups excluding carboxylic acids is 1. The van der Waals surface area contributed by atoms with Gasteiger partial charge in [-0.1, -0.05) is 0 Å². The molecule has 15 heavy (non-hydrogen) atoms. The maximum atomic E-state index is 10.3. The first-order chi connectivity index (χ1) is 7.31. The van der Waals surface area contributed by atoms with Crippen LogP contribution in [0.3, 0.4) is 0 Å². The first-order valence-corrected chi connectivity index (χ1v) is 5.02. The Balaban J connectivity index is 2.67. The summed E-state index contributed by atoms with van der Waals surface area (Å²) in [5.41, 5.74) is 0.768. The summed E-state index contributed by atoms with van der Waals surface area (Å²) in [6.07, 6.45) is 2.31. The summed E-state index contributed by atoms with van der Waals surface area (Å²) < 4.78 is 10.7. The molecule has 0 atom stereocenters. The lowest BCUT2D eigenvalue weighted by Crippen LogP contribution is -2.10. The molecule has 0 spiro atoms. The van der Waals surface area contributed by atoms with Crippen LogP contribution in [0.2, 0.25) is 0 Å². The van der Waals surface area contributed by atoms with Crippen molar-refractivity contribution in [2.24, 2.45) is 0 Å². The normalized spacial score (nSPS) is 10.9. The van der Waals surface area contributed by atoms with E-state index in [2.05, 4.69) is 9.97 Å². The summed E-state index contributed by atoms with van der Waals surface area (Å²) in [4.78, 5) is 17.4. The number of imidazole rings is 1. The topological polar surface area (TPSA) is 64.2 Å². The Kier molecular flexibility index (Phi) is 5.00. The van der Waals surface area contributed by atoms with Crippen molar-refractivity contribution in [2.45, 2.75) is 26.6 Å². The summed E-state index contributed by atoms with van der Waals surface area (Å²) in [7, 11) is 0. The molecule has 0 radical (unpaired) electrons. The van der Waals surface area contributed by atoms with Gasteiger partial charge in [0.05, 0.1) is 0 Å². The second kappa shape index (κ2) is 6.31. The second-order valence-electron chi connectivity index (χ2n) is 2.91. The minimum Gasteiger partial charge on any atom is -0.346 e. The zero-order valence-electron chi connectivity index (χ0n) is 9.03. The maximum absolute atomic E-state index is 10.3. The van der Waals surface area contributed by atoms with Crippen molar-refractivity contribution in [3.8, 4) is 0 Å². The summed E-state index contributed by atoms with van der Waals surface area (Å²) in [5.74, 6) is 0.607. The lowest BCUT2D eigenvalue weighted by Gasteiger charge is -2.13. The van der Waals surface area contributed by atoms with Crippen LogP contribution in [0.1, 0.15) is 31.7 Å². The highest BCUT2D eigenvalue weighted by molar-refractivity contribution is 5.53. The highest BCUT2D eigenvalue weighted by atomic mass is 16.7. The van der Waals surface area contributed by atoms with Crippen molar-refractivity contribution in [3.63, 3.8) is 0 Å². The zero-order valence-corrected chi connectivity index (χ0v) is 9.03. The Hall–Kier alpha value is -1.20. The lowest BCUT2D eigenvalue weighted by molar-refractivity contribution is -0.144. The smallest absolute Gasteiger partial charge is 0.217 e. The zero-order chi connectivity index (χ0) is 11.1. The van der Waals surface area contributed by atoms with Gasteiger partial charge in [0.25, 0.3) is 0 Å². The molecule has 0 aliphatic heterocycles. The van der Waals surface area contributed by atoms with Crippen molar-refractivity contribution >= 4 is 6.29 Å². The van der Waals surface area contributed by atoms with E-state index in [1.807, 2.05) is 13.8 Å². The van der Waals surface area contributed by atoms with Gasteiger partial charge < -0.3 is 19.3 Å². The van der Waals surface area contributed by atoms with Crippen molar-refractivity contribution in [2.75, 3.05) is 13.2 Å². The van der Waals surface area contributed by atoms with Crippen molar-refractivity contribution in [1.29, 1.82) is 0 Å². The van der Waals surface area contributed by atoms with Crippen LogP contribution in [0.15, 0.2) is 6.20 Å². The van der Waals surface area contributed by atoms with Crippen LogP contribution in [0, 0.1) is 0 Å². The number of aldehydes is 1. The fourth-order valence-corrected chi connectivity index (χ4v) is 1.20. The fraction of sp³-hybridized carbons (Fsp3) is 0.600. The Morgan fingerprint density at radius 2 is 2.13 bits per heavy atom. The van der Waals surface area contributed by atoms with Gasteiger partial charge in [0.1, 0.15) is 6.29 Å². The number of nitrogens with one attached hydrogen (secondary N) is 1. The molecule has 84 valence electrons. The van der Waals surface area contributed by atoms with Crippen LogP contribution in [0.4, 0.5) is 0 Å². The van der Waals surface area contributed by atoms with Crippen LogP contribution in [0.5, 0.6) is 0 Å². The molecule has 0 fully saturated rings. The van der Waals surface area contributed by atoms with Gasteiger partial charge in [-0.25, -0.2) is 4.98 Å². The van der Waals surface area contributed by atoms with Crippen molar-refractivity contribution in [3.05, 3.63) is 17.7 Å². The Bertz CT molecular complexity index is 293. The fourth-order valence-electron chi connectivity index (χ4n) is 1.20. The molecule has 5 heteroatoms. The Morgan fingerprint density at radius 1 is 1.47 bits per heavy atom. The van der Waals surface area contributed by atoms with Crippen molar-refractivity contribution < 1.29 is 14.3 Å². The van der Waals surface area contributed by atoms with Gasteiger partial charge in [-0.15, -0.1) is 0 Å². The van der Waals surface area contributed by atoms with Crippen LogP contribution in [-0.4, -0.2) is 29.5 Å². The molecule has 0 aromatic carbocycles. The minimum atomic E-state index is -0.472. The highest BCUT2D eigenvalue weighted by Gasteiger charge is 2.14. The predicted octanol–water partition coefficient (Wildman–Crippen LogP) is 1.22. The number of aromatic nitrogens is 2. The Morgan fingerprint density at radius 3 is 2.67 bits per heavy atom. The van der Waals surface area contributed by atoms with E-state index in [9.17, 15) is 4.79 Å². The average molecular weight is 212 g/mol. The van der Waals surface area contributed by atoms with E-state index < -0.39 is 6.29 Å². The predicted molar refractivity (Wildman–Crippen MR) is 54.3 cm³/mol. The van der Waals surface area contributed by atoms with Gasteiger partial charge in [-0.05, 0) is 13.8 Å². The van der Waals surface area contributed by atoms with Gasteiger partial charge >= 0.3 is 0 Å². The molecule has 1 rings (SSSR count). The van der Waals surface area contributed by atoms with E-state index in [0.29, 0.717) is 25.5 Å². The molecule has 0 bridgehead atoms. The average Bonchev–Trinajstić information content (AvgIpc) is 2.67. The number of nitrogens with zero attached hydrogens (tertiary/aromatic N) is 1. The number of aromatic amines is 1. The Labute approximate surface area is 88.8 Å². The molecule has 5 nitrogen and oxygen atoms in total. The van der Waals surface area contributed by atoms with Gasteiger partial charge in [0.2, 0.25) is 6.29 Å². The number of hydrogen-bond donors (Lipinski definition) is 1. The standard InChI is InChI=1S/C10H16N2O3/c1-3-14-10(15-4-2)9-11-7-8(12-9)5-6-13/h6-7,10H,3-5H2,1-2H3,(H,11,12).